The first-order valence-corrected chi connectivity index (χ1v) is 7.58. The van der Waals surface area contributed by atoms with Gasteiger partial charge in [0.25, 0.3) is 0 Å². The zero-order valence-corrected chi connectivity index (χ0v) is 13.1. The van der Waals surface area contributed by atoms with E-state index in [1.807, 2.05) is 61.8 Å². The molecule has 0 unspecified atom stereocenters. The average Bonchev–Trinajstić information content (AvgIpc) is 3.01. The van der Waals surface area contributed by atoms with Crippen LogP contribution >= 0.6 is 0 Å². The van der Waals surface area contributed by atoms with Crippen molar-refractivity contribution in [2.24, 2.45) is 0 Å². The van der Waals surface area contributed by atoms with Crippen LogP contribution in [0.4, 0.5) is 11.4 Å². The van der Waals surface area contributed by atoms with E-state index in [9.17, 15) is 4.79 Å². The number of benzene rings is 2. The quantitative estimate of drug-likeness (QED) is 0.621. The second-order valence-corrected chi connectivity index (χ2v) is 5.55. The van der Waals surface area contributed by atoms with E-state index in [1.165, 1.54) is 0 Å². The molecule has 1 N–H and O–H groups in total. The maximum Gasteiger partial charge on any atom is 0.417 e. The van der Waals surface area contributed by atoms with Crippen LogP contribution in [0.5, 0.6) is 0 Å². The van der Waals surface area contributed by atoms with E-state index in [0.717, 1.165) is 22.5 Å². The Morgan fingerprint density at radius 1 is 0.958 bits per heavy atom. The Balaban J connectivity index is 1.74. The zero-order valence-electron chi connectivity index (χ0n) is 13.1. The van der Waals surface area contributed by atoms with E-state index in [0.29, 0.717) is 11.1 Å². The summed E-state index contributed by atoms with van der Waals surface area (Å²) in [6.07, 6.45) is 3.62. The van der Waals surface area contributed by atoms with Crippen LogP contribution in [0.2, 0.25) is 0 Å². The third-order valence-electron chi connectivity index (χ3n) is 4.01. The fourth-order valence-electron chi connectivity index (χ4n) is 2.69. The van der Waals surface area contributed by atoms with Crippen LogP contribution in [0.3, 0.4) is 0 Å². The molecule has 0 radical (unpaired) electrons. The molecule has 2 aromatic carbocycles. The molecule has 0 aliphatic carbocycles. The Kier molecular flexibility index (Phi) is 3.39. The summed E-state index contributed by atoms with van der Waals surface area (Å²) in [6.45, 7) is 0. The minimum absolute atomic E-state index is 0.446. The largest absolute Gasteiger partial charge is 0.417 e. The molecule has 0 atom stereocenters. The molecule has 0 amide bonds. The Morgan fingerprint density at radius 2 is 1.79 bits per heavy atom. The number of hydrogen-bond donors (Lipinski definition) is 1. The predicted octanol–water partition coefficient (Wildman–Crippen LogP) is 3.95. The molecule has 4 aromatic rings. The number of hydrogen-bond acceptors (Lipinski definition) is 4. The first-order chi connectivity index (χ1) is 11.7. The number of aromatic nitrogens is 2. The van der Waals surface area contributed by atoms with Crippen LogP contribution in [0.25, 0.3) is 22.2 Å². The highest BCUT2D eigenvalue weighted by Crippen LogP contribution is 2.28. The van der Waals surface area contributed by atoms with Crippen LogP contribution in [0, 0.1) is 0 Å². The van der Waals surface area contributed by atoms with Gasteiger partial charge in [0.15, 0.2) is 5.58 Å². The average molecular weight is 317 g/mol. The number of H-pyrrole nitrogens is 1. The van der Waals surface area contributed by atoms with Crippen molar-refractivity contribution in [3.63, 3.8) is 0 Å². The molecule has 4 rings (SSSR count). The van der Waals surface area contributed by atoms with Crippen molar-refractivity contribution in [3.8, 4) is 11.1 Å². The Labute approximate surface area is 138 Å². The summed E-state index contributed by atoms with van der Waals surface area (Å²) in [7, 11) is 2.00. The first kappa shape index (κ1) is 14.3. The van der Waals surface area contributed by atoms with Gasteiger partial charge in [-0.3, -0.25) is 9.97 Å². The number of rotatable bonds is 3. The Morgan fingerprint density at radius 3 is 2.62 bits per heavy atom. The lowest BCUT2D eigenvalue weighted by atomic mass is 10.1. The predicted molar refractivity (Wildman–Crippen MR) is 94.6 cm³/mol. The maximum absolute atomic E-state index is 11.3. The number of oxazole rings is 1. The van der Waals surface area contributed by atoms with Crippen molar-refractivity contribution in [2.45, 2.75) is 0 Å². The molecule has 0 spiro atoms. The smallest absolute Gasteiger partial charge is 0.408 e. The first-order valence-electron chi connectivity index (χ1n) is 7.58. The van der Waals surface area contributed by atoms with Gasteiger partial charge in [-0.1, -0.05) is 24.3 Å². The van der Waals surface area contributed by atoms with Gasteiger partial charge in [-0.15, -0.1) is 0 Å². The van der Waals surface area contributed by atoms with Crippen LogP contribution in [-0.4, -0.2) is 17.0 Å². The third-order valence-corrected chi connectivity index (χ3v) is 4.01. The molecule has 0 aliphatic heterocycles. The molecule has 5 heteroatoms. The van der Waals surface area contributed by atoms with E-state index in [2.05, 4.69) is 20.9 Å². The zero-order chi connectivity index (χ0) is 16.5. The third kappa shape index (κ3) is 2.56. The summed E-state index contributed by atoms with van der Waals surface area (Å²) in [5, 5.41) is 0. The lowest BCUT2D eigenvalue weighted by molar-refractivity contribution is 0.555. The van der Waals surface area contributed by atoms with Crippen molar-refractivity contribution < 1.29 is 4.42 Å². The molecule has 0 aliphatic rings. The van der Waals surface area contributed by atoms with E-state index >= 15 is 0 Å². The SMILES string of the molecule is CN(c1ccccc1)c1cncc(-c2ccc3[nH]c(=O)oc3c2)c1. The molecular formula is C19H15N3O2. The van der Waals surface area contributed by atoms with Crippen molar-refractivity contribution >= 4 is 22.5 Å². The summed E-state index contributed by atoms with van der Waals surface area (Å²) in [5.41, 5.74) is 5.20. The molecule has 24 heavy (non-hydrogen) atoms. The van der Waals surface area contributed by atoms with Crippen molar-refractivity contribution in [1.29, 1.82) is 0 Å². The molecule has 0 saturated carbocycles. The van der Waals surface area contributed by atoms with Crippen LogP contribution < -0.4 is 10.7 Å². The Bertz CT molecular complexity index is 1050. The van der Waals surface area contributed by atoms with Gasteiger partial charge in [-0.05, 0) is 35.9 Å². The second-order valence-electron chi connectivity index (χ2n) is 5.55. The molecule has 5 nitrogen and oxygen atoms in total. The van der Waals surface area contributed by atoms with Gasteiger partial charge >= 0.3 is 5.76 Å². The number of nitrogens with one attached hydrogen (secondary N) is 1. The van der Waals surface area contributed by atoms with E-state index in [4.69, 9.17) is 4.42 Å². The number of para-hydroxylation sites is 1. The van der Waals surface area contributed by atoms with E-state index < -0.39 is 5.76 Å². The van der Waals surface area contributed by atoms with Crippen molar-refractivity contribution in [1.82, 2.24) is 9.97 Å². The van der Waals surface area contributed by atoms with Gasteiger partial charge in [0.05, 0.1) is 17.4 Å². The van der Waals surface area contributed by atoms with Crippen LogP contribution in [0.1, 0.15) is 0 Å². The summed E-state index contributed by atoms with van der Waals surface area (Å²) in [4.78, 5) is 20.4. The van der Waals surface area contributed by atoms with Gasteiger partial charge in [0, 0.05) is 24.5 Å². The lowest BCUT2D eigenvalue weighted by Gasteiger charge is -2.19. The maximum atomic E-state index is 11.3. The minimum atomic E-state index is -0.446. The number of anilines is 2. The highest BCUT2D eigenvalue weighted by molar-refractivity contribution is 5.81. The molecule has 2 heterocycles. The molecule has 0 saturated heterocycles. The lowest BCUT2D eigenvalue weighted by Crippen LogP contribution is -2.09. The monoisotopic (exact) mass is 317 g/mol. The van der Waals surface area contributed by atoms with Crippen molar-refractivity contribution in [3.05, 3.63) is 77.5 Å². The number of fused-ring (bicyclic) bond motifs is 1. The van der Waals surface area contributed by atoms with Gasteiger partial charge in [-0.25, -0.2) is 4.79 Å². The van der Waals surface area contributed by atoms with Crippen molar-refractivity contribution in [2.75, 3.05) is 11.9 Å². The molecule has 0 fully saturated rings. The standard InChI is InChI=1S/C19H15N3O2/c1-22(15-5-3-2-4-6-15)16-9-14(11-20-12-16)13-7-8-17-18(10-13)24-19(23)21-17/h2-12H,1H3,(H,21,23). The van der Waals surface area contributed by atoms with Crippen LogP contribution in [0.15, 0.2) is 76.2 Å². The topological polar surface area (TPSA) is 62.1 Å². The fraction of sp³-hybridized carbons (Fsp3) is 0.0526. The van der Waals surface area contributed by atoms with Gasteiger partial charge in [0.1, 0.15) is 0 Å². The molecular weight excluding hydrogens is 302 g/mol. The van der Waals surface area contributed by atoms with Gasteiger partial charge in [-0.2, -0.15) is 0 Å². The van der Waals surface area contributed by atoms with Crippen LogP contribution in [-0.2, 0) is 0 Å². The Hall–Kier alpha value is -3.34. The summed E-state index contributed by atoms with van der Waals surface area (Å²) >= 11 is 0. The summed E-state index contributed by atoms with van der Waals surface area (Å²) in [6, 6.07) is 17.8. The highest BCUT2D eigenvalue weighted by Gasteiger charge is 2.08. The summed E-state index contributed by atoms with van der Waals surface area (Å²) < 4.78 is 5.14. The second kappa shape index (κ2) is 5.70. The van der Waals surface area contributed by atoms with Gasteiger partial charge in [0.2, 0.25) is 0 Å². The normalized spacial score (nSPS) is 10.9. The number of pyridine rings is 1. The van der Waals surface area contributed by atoms with Gasteiger partial charge < -0.3 is 9.32 Å². The van der Waals surface area contributed by atoms with E-state index in [1.54, 1.807) is 6.20 Å². The number of aromatic amines is 1. The molecule has 118 valence electrons. The molecule has 0 bridgehead atoms. The minimum Gasteiger partial charge on any atom is -0.408 e. The fourth-order valence-corrected chi connectivity index (χ4v) is 2.69. The summed E-state index contributed by atoms with van der Waals surface area (Å²) in [5.74, 6) is -0.446. The number of nitrogens with zero attached hydrogens (tertiary/aromatic N) is 2. The molecule has 2 aromatic heterocycles. The highest BCUT2D eigenvalue weighted by atomic mass is 16.4. The van der Waals surface area contributed by atoms with E-state index in [-0.39, 0.29) is 0 Å².